The first-order valence-electron chi connectivity index (χ1n) is 8.12. The second-order valence-corrected chi connectivity index (χ2v) is 6.04. The van der Waals surface area contributed by atoms with Gasteiger partial charge in [-0.1, -0.05) is 6.07 Å². The Morgan fingerprint density at radius 3 is 2.77 bits per heavy atom. The van der Waals surface area contributed by atoms with Gasteiger partial charge in [-0.05, 0) is 30.7 Å². The van der Waals surface area contributed by atoms with E-state index >= 15 is 0 Å². The van der Waals surface area contributed by atoms with Crippen LogP contribution in [0.5, 0.6) is 11.5 Å². The van der Waals surface area contributed by atoms with Crippen LogP contribution in [0.2, 0.25) is 0 Å². The lowest BCUT2D eigenvalue weighted by molar-refractivity contribution is -0.116. The number of benzene rings is 1. The molecule has 3 heterocycles. The van der Waals surface area contributed by atoms with Gasteiger partial charge in [0.2, 0.25) is 5.91 Å². The zero-order valence-electron chi connectivity index (χ0n) is 14.3. The second-order valence-electron chi connectivity index (χ2n) is 6.04. The molecule has 1 amide bonds. The summed E-state index contributed by atoms with van der Waals surface area (Å²) in [5.74, 6) is 1.01. The standard InChI is InChI=1S/C18H17N5O3/c1-10-16-12(11-4-5-14(26-2)13(24)8-11)9-15(25)21-17(16)23(22-10)18-19-6-3-7-20-18/h3-8,12,24H,9H2,1-2H3,(H,21,25). The molecule has 1 atom stereocenters. The van der Waals surface area contributed by atoms with Crippen LogP contribution in [0.4, 0.5) is 5.82 Å². The van der Waals surface area contributed by atoms with Crippen LogP contribution in [0.3, 0.4) is 0 Å². The quantitative estimate of drug-likeness (QED) is 0.750. The van der Waals surface area contributed by atoms with Crippen molar-refractivity contribution in [3.8, 4) is 17.4 Å². The lowest BCUT2D eigenvalue weighted by atomic mass is 9.85. The van der Waals surface area contributed by atoms with Crippen LogP contribution in [-0.4, -0.2) is 37.9 Å². The van der Waals surface area contributed by atoms with Gasteiger partial charge in [-0.15, -0.1) is 0 Å². The van der Waals surface area contributed by atoms with Gasteiger partial charge in [-0.3, -0.25) is 4.79 Å². The summed E-state index contributed by atoms with van der Waals surface area (Å²) >= 11 is 0. The summed E-state index contributed by atoms with van der Waals surface area (Å²) in [5, 5.41) is 17.5. The lowest BCUT2D eigenvalue weighted by Gasteiger charge is -2.24. The highest BCUT2D eigenvalue weighted by Gasteiger charge is 2.33. The van der Waals surface area contributed by atoms with E-state index in [-0.39, 0.29) is 24.0 Å². The molecule has 1 aliphatic heterocycles. The molecule has 8 nitrogen and oxygen atoms in total. The highest BCUT2D eigenvalue weighted by atomic mass is 16.5. The van der Waals surface area contributed by atoms with Gasteiger partial charge in [0.1, 0.15) is 5.82 Å². The van der Waals surface area contributed by atoms with Crippen LogP contribution in [0, 0.1) is 6.92 Å². The number of nitrogens with zero attached hydrogens (tertiary/aromatic N) is 4. The fourth-order valence-electron chi connectivity index (χ4n) is 3.30. The first-order chi connectivity index (χ1) is 12.6. The van der Waals surface area contributed by atoms with Crippen molar-refractivity contribution in [2.24, 2.45) is 0 Å². The predicted octanol–water partition coefficient (Wildman–Crippen LogP) is 2.16. The maximum absolute atomic E-state index is 12.3. The number of methoxy groups -OCH3 is 1. The molecule has 2 aromatic heterocycles. The van der Waals surface area contributed by atoms with E-state index in [0.717, 1.165) is 16.8 Å². The molecule has 0 spiro atoms. The Balaban J connectivity index is 1.85. The van der Waals surface area contributed by atoms with Crippen LogP contribution >= 0.6 is 0 Å². The van der Waals surface area contributed by atoms with E-state index in [2.05, 4.69) is 20.4 Å². The molecule has 1 unspecified atom stereocenters. The zero-order chi connectivity index (χ0) is 18.3. The van der Waals surface area contributed by atoms with Crippen molar-refractivity contribution in [2.75, 3.05) is 12.4 Å². The van der Waals surface area contributed by atoms with Crippen molar-refractivity contribution in [2.45, 2.75) is 19.3 Å². The van der Waals surface area contributed by atoms with E-state index in [4.69, 9.17) is 4.74 Å². The van der Waals surface area contributed by atoms with Crippen molar-refractivity contribution in [1.82, 2.24) is 19.7 Å². The summed E-state index contributed by atoms with van der Waals surface area (Å²) < 4.78 is 6.64. The SMILES string of the molecule is COc1ccc(C2CC(=O)Nc3c2c(C)nn3-c2ncccn2)cc1O. The molecule has 26 heavy (non-hydrogen) atoms. The van der Waals surface area contributed by atoms with Crippen LogP contribution in [0.15, 0.2) is 36.7 Å². The van der Waals surface area contributed by atoms with Gasteiger partial charge in [0, 0.05) is 30.3 Å². The molecule has 2 N–H and O–H groups in total. The molecule has 0 fully saturated rings. The largest absolute Gasteiger partial charge is 0.504 e. The maximum Gasteiger partial charge on any atom is 0.252 e. The molecule has 0 radical (unpaired) electrons. The number of aromatic hydroxyl groups is 1. The number of aromatic nitrogens is 4. The van der Waals surface area contributed by atoms with Gasteiger partial charge in [-0.25, -0.2) is 9.97 Å². The van der Waals surface area contributed by atoms with Gasteiger partial charge >= 0.3 is 0 Å². The molecule has 132 valence electrons. The Bertz CT molecular complexity index is 984. The molecular weight excluding hydrogens is 334 g/mol. The number of rotatable bonds is 3. The summed E-state index contributed by atoms with van der Waals surface area (Å²) in [7, 11) is 1.49. The molecule has 8 heteroatoms. The van der Waals surface area contributed by atoms with E-state index < -0.39 is 0 Å². The summed E-state index contributed by atoms with van der Waals surface area (Å²) in [6.07, 6.45) is 3.51. The van der Waals surface area contributed by atoms with Crippen molar-refractivity contribution in [3.63, 3.8) is 0 Å². The number of carbonyl (C=O) groups is 1. The number of anilines is 1. The van der Waals surface area contributed by atoms with E-state index in [1.165, 1.54) is 11.8 Å². The van der Waals surface area contributed by atoms with Crippen molar-refractivity contribution >= 4 is 11.7 Å². The monoisotopic (exact) mass is 351 g/mol. The normalized spacial score (nSPS) is 16.1. The van der Waals surface area contributed by atoms with Crippen molar-refractivity contribution in [3.05, 3.63) is 53.5 Å². The zero-order valence-corrected chi connectivity index (χ0v) is 14.3. The number of aryl methyl sites for hydroxylation is 1. The smallest absolute Gasteiger partial charge is 0.252 e. The van der Waals surface area contributed by atoms with Gasteiger partial charge in [0.15, 0.2) is 11.5 Å². The number of phenols is 1. The Kier molecular flexibility index (Phi) is 3.80. The van der Waals surface area contributed by atoms with E-state index in [1.807, 2.05) is 13.0 Å². The Morgan fingerprint density at radius 1 is 1.31 bits per heavy atom. The maximum atomic E-state index is 12.3. The Hall–Kier alpha value is -3.42. The minimum absolute atomic E-state index is 0.0361. The third kappa shape index (κ3) is 2.55. The number of fused-ring (bicyclic) bond motifs is 1. The van der Waals surface area contributed by atoms with Crippen LogP contribution in [0.1, 0.15) is 29.2 Å². The predicted molar refractivity (Wildman–Crippen MR) is 93.6 cm³/mol. The van der Waals surface area contributed by atoms with Gasteiger partial charge < -0.3 is 15.2 Å². The fraction of sp³-hybridized carbons (Fsp3) is 0.222. The minimum atomic E-state index is -0.229. The van der Waals surface area contributed by atoms with E-state index in [0.29, 0.717) is 17.5 Å². The number of phenolic OH excluding ortho intramolecular Hbond substituents is 1. The number of carbonyl (C=O) groups excluding carboxylic acids is 1. The van der Waals surface area contributed by atoms with Gasteiger partial charge in [-0.2, -0.15) is 9.78 Å². The lowest BCUT2D eigenvalue weighted by Crippen LogP contribution is -2.25. The average Bonchev–Trinajstić information content (AvgIpc) is 2.98. The summed E-state index contributed by atoms with van der Waals surface area (Å²) in [6.45, 7) is 1.88. The van der Waals surface area contributed by atoms with Gasteiger partial charge in [0.05, 0.1) is 12.8 Å². The first kappa shape index (κ1) is 16.1. The molecule has 0 saturated carbocycles. The number of hydrogen-bond donors (Lipinski definition) is 2. The molecular formula is C18H17N5O3. The van der Waals surface area contributed by atoms with Crippen LogP contribution in [-0.2, 0) is 4.79 Å². The molecule has 3 aromatic rings. The molecule has 0 aliphatic carbocycles. The summed E-state index contributed by atoms with van der Waals surface area (Å²) in [4.78, 5) is 20.8. The molecule has 1 aromatic carbocycles. The average molecular weight is 351 g/mol. The highest BCUT2D eigenvalue weighted by Crippen LogP contribution is 2.41. The first-order valence-corrected chi connectivity index (χ1v) is 8.12. The van der Waals surface area contributed by atoms with Crippen molar-refractivity contribution in [1.29, 1.82) is 0 Å². The van der Waals surface area contributed by atoms with E-state index in [9.17, 15) is 9.90 Å². The third-order valence-electron chi connectivity index (χ3n) is 4.45. The fourth-order valence-corrected chi connectivity index (χ4v) is 3.30. The summed E-state index contributed by atoms with van der Waals surface area (Å²) in [6, 6.07) is 6.88. The molecule has 4 rings (SSSR count). The third-order valence-corrected chi connectivity index (χ3v) is 4.45. The van der Waals surface area contributed by atoms with Crippen LogP contribution < -0.4 is 10.1 Å². The topological polar surface area (TPSA) is 102 Å². The number of ether oxygens (including phenoxy) is 1. The minimum Gasteiger partial charge on any atom is -0.504 e. The van der Waals surface area contributed by atoms with Gasteiger partial charge in [0.25, 0.3) is 5.95 Å². The summed E-state index contributed by atoms with van der Waals surface area (Å²) in [5.41, 5.74) is 2.48. The van der Waals surface area contributed by atoms with Crippen molar-refractivity contribution < 1.29 is 14.6 Å². The number of hydrogen-bond acceptors (Lipinski definition) is 6. The molecule has 1 aliphatic rings. The van der Waals surface area contributed by atoms with Crippen LogP contribution in [0.25, 0.3) is 5.95 Å². The van der Waals surface area contributed by atoms with E-state index in [1.54, 1.807) is 30.6 Å². The highest BCUT2D eigenvalue weighted by molar-refractivity contribution is 5.95. The molecule has 0 bridgehead atoms. The Labute approximate surface area is 149 Å². The molecule has 0 saturated heterocycles. The Morgan fingerprint density at radius 2 is 2.08 bits per heavy atom. The number of amides is 1. The number of nitrogens with one attached hydrogen (secondary N) is 1. The second kappa shape index (κ2) is 6.14.